The summed E-state index contributed by atoms with van der Waals surface area (Å²) in [5.74, 6) is 0.431. The van der Waals surface area contributed by atoms with Crippen molar-refractivity contribution in [2.75, 3.05) is 6.54 Å². The van der Waals surface area contributed by atoms with E-state index in [-0.39, 0.29) is 11.4 Å². The maximum atomic E-state index is 13.6. The summed E-state index contributed by atoms with van der Waals surface area (Å²) in [5.41, 5.74) is 0.966. The number of hydrogen-bond acceptors (Lipinski definition) is 1. The molecule has 1 unspecified atom stereocenters. The average Bonchev–Trinajstić information content (AvgIpc) is 2.28. The second-order valence-electron chi connectivity index (χ2n) is 6.08. The standard InChI is InChI=1S/C16H26FN/c1-5-8-13(12-18-16(2,3)4)11-14-9-6-7-10-15(14)17/h6-7,9-10,13,18H,5,8,11-12H2,1-4H3. The Balaban J connectivity index is 2.60. The zero-order valence-corrected chi connectivity index (χ0v) is 12.1. The maximum absolute atomic E-state index is 13.6. The lowest BCUT2D eigenvalue weighted by molar-refractivity contribution is 0.352. The van der Waals surface area contributed by atoms with Crippen LogP contribution in [0, 0.1) is 11.7 Å². The van der Waals surface area contributed by atoms with Gasteiger partial charge in [0.25, 0.3) is 0 Å². The van der Waals surface area contributed by atoms with Gasteiger partial charge in [-0.15, -0.1) is 0 Å². The molecule has 0 heterocycles. The van der Waals surface area contributed by atoms with Gasteiger partial charge in [0.1, 0.15) is 5.82 Å². The van der Waals surface area contributed by atoms with Crippen LogP contribution in [-0.4, -0.2) is 12.1 Å². The second kappa shape index (κ2) is 6.89. The molecule has 1 atom stereocenters. The molecule has 0 spiro atoms. The number of halogens is 1. The van der Waals surface area contributed by atoms with Gasteiger partial charge in [-0.05, 0) is 57.7 Å². The van der Waals surface area contributed by atoms with Crippen LogP contribution in [-0.2, 0) is 6.42 Å². The van der Waals surface area contributed by atoms with Crippen LogP contribution in [0.3, 0.4) is 0 Å². The zero-order valence-electron chi connectivity index (χ0n) is 12.1. The highest BCUT2D eigenvalue weighted by molar-refractivity contribution is 5.17. The predicted molar refractivity (Wildman–Crippen MR) is 76.3 cm³/mol. The average molecular weight is 251 g/mol. The zero-order chi connectivity index (χ0) is 13.6. The van der Waals surface area contributed by atoms with Crippen LogP contribution in [0.15, 0.2) is 24.3 Å². The number of benzene rings is 1. The first-order valence-electron chi connectivity index (χ1n) is 6.91. The fourth-order valence-corrected chi connectivity index (χ4v) is 2.11. The molecule has 1 nitrogen and oxygen atoms in total. The molecule has 0 aliphatic carbocycles. The van der Waals surface area contributed by atoms with E-state index in [0.29, 0.717) is 5.92 Å². The Morgan fingerprint density at radius 1 is 1.22 bits per heavy atom. The third-order valence-electron chi connectivity index (χ3n) is 3.08. The highest BCUT2D eigenvalue weighted by Gasteiger charge is 2.15. The minimum absolute atomic E-state index is 0.0747. The van der Waals surface area contributed by atoms with Crippen LogP contribution in [0.4, 0.5) is 4.39 Å². The van der Waals surface area contributed by atoms with E-state index in [1.165, 1.54) is 0 Å². The van der Waals surface area contributed by atoms with E-state index < -0.39 is 0 Å². The molecular weight excluding hydrogens is 225 g/mol. The summed E-state index contributed by atoms with van der Waals surface area (Å²) in [7, 11) is 0. The van der Waals surface area contributed by atoms with Gasteiger partial charge < -0.3 is 5.32 Å². The van der Waals surface area contributed by atoms with E-state index in [2.05, 4.69) is 33.0 Å². The van der Waals surface area contributed by atoms with Crippen molar-refractivity contribution in [1.29, 1.82) is 0 Å². The minimum atomic E-state index is -0.0747. The molecule has 1 rings (SSSR count). The first kappa shape index (κ1) is 15.2. The molecule has 0 aromatic heterocycles. The predicted octanol–water partition coefficient (Wildman–Crippen LogP) is 4.17. The van der Waals surface area contributed by atoms with Gasteiger partial charge in [0.2, 0.25) is 0 Å². The van der Waals surface area contributed by atoms with Crippen molar-refractivity contribution in [2.24, 2.45) is 5.92 Å². The van der Waals surface area contributed by atoms with E-state index >= 15 is 0 Å². The fourth-order valence-electron chi connectivity index (χ4n) is 2.11. The lowest BCUT2D eigenvalue weighted by Crippen LogP contribution is -2.39. The maximum Gasteiger partial charge on any atom is 0.126 e. The normalized spacial score (nSPS) is 13.6. The van der Waals surface area contributed by atoms with Gasteiger partial charge in [-0.1, -0.05) is 31.5 Å². The Hall–Kier alpha value is -0.890. The van der Waals surface area contributed by atoms with Crippen molar-refractivity contribution in [3.8, 4) is 0 Å². The summed E-state index contributed by atoms with van der Waals surface area (Å²) in [6.45, 7) is 9.63. The van der Waals surface area contributed by atoms with Gasteiger partial charge in [-0.25, -0.2) is 4.39 Å². The molecule has 2 heteroatoms. The van der Waals surface area contributed by atoms with Gasteiger partial charge in [-0.3, -0.25) is 0 Å². The van der Waals surface area contributed by atoms with Crippen LogP contribution in [0.25, 0.3) is 0 Å². The highest BCUT2D eigenvalue weighted by atomic mass is 19.1. The first-order chi connectivity index (χ1) is 8.42. The van der Waals surface area contributed by atoms with Gasteiger partial charge in [-0.2, -0.15) is 0 Å². The molecule has 0 aliphatic rings. The number of hydrogen-bond donors (Lipinski definition) is 1. The Kier molecular flexibility index (Phi) is 5.80. The summed E-state index contributed by atoms with van der Waals surface area (Å²) in [5, 5.41) is 3.52. The van der Waals surface area contributed by atoms with Crippen LogP contribution < -0.4 is 5.32 Å². The summed E-state index contributed by atoms with van der Waals surface area (Å²) in [4.78, 5) is 0. The third kappa shape index (κ3) is 5.63. The molecule has 0 radical (unpaired) electrons. The summed E-state index contributed by atoms with van der Waals surface area (Å²) < 4.78 is 13.6. The van der Waals surface area contributed by atoms with Crippen molar-refractivity contribution in [2.45, 2.75) is 52.5 Å². The minimum Gasteiger partial charge on any atom is -0.312 e. The van der Waals surface area contributed by atoms with E-state index in [9.17, 15) is 4.39 Å². The fraction of sp³-hybridized carbons (Fsp3) is 0.625. The lowest BCUT2D eigenvalue weighted by Gasteiger charge is -2.25. The van der Waals surface area contributed by atoms with E-state index in [1.54, 1.807) is 12.1 Å². The largest absolute Gasteiger partial charge is 0.312 e. The van der Waals surface area contributed by atoms with Crippen molar-refractivity contribution < 1.29 is 4.39 Å². The Bertz CT molecular complexity index is 354. The number of nitrogens with one attached hydrogen (secondary N) is 1. The molecule has 0 bridgehead atoms. The SMILES string of the molecule is CCCC(CNC(C)(C)C)Cc1ccccc1F. The van der Waals surface area contributed by atoms with Gasteiger partial charge in [0, 0.05) is 5.54 Å². The molecule has 1 aromatic rings. The Morgan fingerprint density at radius 2 is 1.89 bits per heavy atom. The molecule has 18 heavy (non-hydrogen) atoms. The van der Waals surface area contributed by atoms with Gasteiger partial charge >= 0.3 is 0 Å². The quantitative estimate of drug-likeness (QED) is 0.800. The topological polar surface area (TPSA) is 12.0 Å². The first-order valence-corrected chi connectivity index (χ1v) is 6.91. The number of rotatable bonds is 6. The molecule has 0 saturated carbocycles. The molecule has 1 aromatic carbocycles. The molecule has 0 aliphatic heterocycles. The summed E-state index contributed by atoms with van der Waals surface area (Å²) in [6.07, 6.45) is 3.10. The van der Waals surface area contributed by atoms with Crippen LogP contribution >= 0.6 is 0 Å². The van der Waals surface area contributed by atoms with E-state index in [0.717, 1.165) is 31.4 Å². The van der Waals surface area contributed by atoms with Gasteiger partial charge in [0.05, 0.1) is 0 Å². The second-order valence-corrected chi connectivity index (χ2v) is 6.08. The monoisotopic (exact) mass is 251 g/mol. The van der Waals surface area contributed by atoms with Crippen LogP contribution in [0.5, 0.6) is 0 Å². The third-order valence-corrected chi connectivity index (χ3v) is 3.08. The molecular formula is C16H26FN. The molecule has 0 amide bonds. The molecule has 0 fully saturated rings. The summed E-state index contributed by atoms with van der Waals surface area (Å²) >= 11 is 0. The summed E-state index contributed by atoms with van der Waals surface area (Å²) in [6, 6.07) is 7.12. The van der Waals surface area contributed by atoms with Crippen LogP contribution in [0.1, 0.15) is 46.1 Å². The van der Waals surface area contributed by atoms with Crippen molar-refractivity contribution >= 4 is 0 Å². The van der Waals surface area contributed by atoms with E-state index in [4.69, 9.17) is 0 Å². The highest BCUT2D eigenvalue weighted by Crippen LogP contribution is 2.17. The van der Waals surface area contributed by atoms with Crippen molar-refractivity contribution in [3.05, 3.63) is 35.6 Å². The smallest absolute Gasteiger partial charge is 0.126 e. The molecule has 102 valence electrons. The Morgan fingerprint density at radius 3 is 2.44 bits per heavy atom. The molecule has 0 saturated heterocycles. The lowest BCUT2D eigenvalue weighted by atomic mass is 9.93. The Labute approximate surface area is 111 Å². The molecule has 1 N–H and O–H groups in total. The van der Waals surface area contributed by atoms with E-state index in [1.807, 2.05) is 12.1 Å². The van der Waals surface area contributed by atoms with Crippen molar-refractivity contribution in [1.82, 2.24) is 5.32 Å². The van der Waals surface area contributed by atoms with Crippen molar-refractivity contribution in [3.63, 3.8) is 0 Å². The van der Waals surface area contributed by atoms with Crippen LogP contribution in [0.2, 0.25) is 0 Å². The van der Waals surface area contributed by atoms with Gasteiger partial charge in [0.15, 0.2) is 0 Å².